The quantitative estimate of drug-likeness (QED) is 0.633. The molecule has 0 saturated carbocycles. The topological polar surface area (TPSA) is 109 Å². The molecule has 0 spiro atoms. The molecule has 22 heavy (non-hydrogen) atoms. The molecule has 7 nitrogen and oxygen atoms in total. The van der Waals surface area contributed by atoms with Crippen LogP contribution in [0.15, 0.2) is 36.4 Å². The smallest absolute Gasteiger partial charge is 0.312 e. The zero-order valence-corrected chi connectivity index (χ0v) is 11.4. The number of nitriles is 2. The maximum Gasteiger partial charge on any atom is 0.312 e. The molecule has 0 unspecified atom stereocenters. The molecule has 0 N–H and O–H groups in total. The van der Waals surface area contributed by atoms with Crippen LogP contribution in [0.4, 0.5) is 5.69 Å². The van der Waals surface area contributed by atoms with E-state index in [0.717, 1.165) is 6.07 Å². The summed E-state index contributed by atoms with van der Waals surface area (Å²) in [7, 11) is 1.48. The lowest BCUT2D eigenvalue weighted by molar-refractivity contribution is -0.385. The van der Waals surface area contributed by atoms with Crippen molar-refractivity contribution in [2.24, 2.45) is 0 Å². The van der Waals surface area contributed by atoms with E-state index in [0.29, 0.717) is 11.5 Å². The van der Waals surface area contributed by atoms with Crippen molar-refractivity contribution in [1.29, 1.82) is 10.5 Å². The highest BCUT2D eigenvalue weighted by atomic mass is 16.6. The van der Waals surface area contributed by atoms with Crippen LogP contribution in [0.25, 0.3) is 0 Å². The fraction of sp³-hybridized carbons (Fsp3) is 0.0667. The molecule has 108 valence electrons. The van der Waals surface area contributed by atoms with Crippen LogP contribution in [-0.2, 0) is 0 Å². The zero-order valence-electron chi connectivity index (χ0n) is 11.4. The van der Waals surface area contributed by atoms with E-state index in [-0.39, 0.29) is 16.9 Å². The fourth-order valence-electron chi connectivity index (χ4n) is 1.77. The summed E-state index contributed by atoms with van der Waals surface area (Å²) in [6.07, 6.45) is 0. The van der Waals surface area contributed by atoms with Gasteiger partial charge in [-0.2, -0.15) is 10.5 Å². The van der Waals surface area contributed by atoms with Crippen molar-refractivity contribution in [3.8, 4) is 29.4 Å². The number of rotatable bonds is 4. The average Bonchev–Trinajstić information content (AvgIpc) is 2.54. The first-order valence-corrected chi connectivity index (χ1v) is 6.03. The normalized spacial score (nSPS) is 9.41. The van der Waals surface area contributed by atoms with E-state index >= 15 is 0 Å². The van der Waals surface area contributed by atoms with Crippen molar-refractivity contribution in [2.45, 2.75) is 0 Å². The molecule has 0 aliphatic rings. The molecule has 0 aliphatic carbocycles. The molecular formula is C15H9N3O4. The van der Waals surface area contributed by atoms with Crippen molar-refractivity contribution in [1.82, 2.24) is 0 Å². The summed E-state index contributed by atoms with van der Waals surface area (Å²) in [4.78, 5) is 10.4. The molecule has 0 aromatic heterocycles. The Morgan fingerprint density at radius 3 is 2.32 bits per heavy atom. The van der Waals surface area contributed by atoms with Gasteiger partial charge in [0.1, 0.15) is 23.6 Å². The minimum atomic E-state index is -0.669. The molecule has 2 aromatic rings. The van der Waals surface area contributed by atoms with Gasteiger partial charge in [-0.1, -0.05) is 6.07 Å². The SMILES string of the molecule is COc1cccc(Oc2cc(C#N)c(C#N)cc2[N+](=O)[O-])c1. The summed E-state index contributed by atoms with van der Waals surface area (Å²) >= 11 is 0. The van der Waals surface area contributed by atoms with Gasteiger partial charge in [-0.05, 0) is 12.1 Å². The number of methoxy groups -OCH3 is 1. The third kappa shape index (κ3) is 2.94. The molecular weight excluding hydrogens is 286 g/mol. The third-order valence-electron chi connectivity index (χ3n) is 2.81. The monoisotopic (exact) mass is 295 g/mol. The van der Waals surface area contributed by atoms with Gasteiger partial charge in [0.05, 0.1) is 23.2 Å². The van der Waals surface area contributed by atoms with Gasteiger partial charge in [-0.25, -0.2) is 0 Å². The Morgan fingerprint density at radius 2 is 1.73 bits per heavy atom. The number of benzene rings is 2. The number of nitrogens with zero attached hydrogens (tertiary/aromatic N) is 3. The second-order valence-electron chi connectivity index (χ2n) is 4.13. The van der Waals surface area contributed by atoms with Crippen molar-refractivity contribution < 1.29 is 14.4 Å². The van der Waals surface area contributed by atoms with E-state index in [1.807, 2.05) is 6.07 Å². The maximum absolute atomic E-state index is 11.1. The van der Waals surface area contributed by atoms with Gasteiger partial charge in [0.25, 0.3) is 0 Å². The van der Waals surface area contributed by atoms with Crippen LogP contribution in [0, 0.1) is 32.8 Å². The molecule has 2 rings (SSSR count). The van der Waals surface area contributed by atoms with Gasteiger partial charge < -0.3 is 9.47 Å². The molecule has 7 heteroatoms. The van der Waals surface area contributed by atoms with E-state index < -0.39 is 10.6 Å². The number of nitro groups is 1. The first kappa shape index (κ1) is 14.8. The molecule has 0 atom stereocenters. The van der Waals surface area contributed by atoms with Gasteiger partial charge in [0.2, 0.25) is 5.75 Å². The highest BCUT2D eigenvalue weighted by molar-refractivity contribution is 5.60. The van der Waals surface area contributed by atoms with Gasteiger partial charge in [-0.15, -0.1) is 0 Å². The van der Waals surface area contributed by atoms with Gasteiger partial charge in [-0.3, -0.25) is 10.1 Å². The minimum Gasteiger partial charge on any atom is -0.497 e. The lowest BCUT2D eigenvalue weighted by atomic mass is 10.1. The Balaban J connectivity index is 2.51. The van der Waals surface area contributed by atoms with Gasteiger partial charge in [0.15, 0.2) is 0 Å². The zero-order chi connectivity index (χ0) is 16.1. The maximum atomic E-state index is 11.1. The molecule has 0 heterocycles. The minimum absolute atomic E-state index is 0.00555. The van der Waals surface area contributed by atoms with Crippen LogP contribution < -0.4 is 9.47 Å². The van der Waals surface area contributed by atoms with Crippen molar-refractivity contribution in [3.05, 3.63) is 57.6 Å². The van der Waals surface area contributed by atoms with E-state index in [4.69, 9.17) is 20.0 Å². The molecule has 0 amide bonds. The van der Waals surface area contributed by atoms with Crippen LogP contribution in [0.2, 0.25) is 0 Å². The van der Waals surface area contributed by atoms with Crippen LogP contribution in [-0.4, -0.2) is 12.0 Å². The summed E-state index contributed by atoms with van der Waals surface area (Å²) in [6, 6.07) is 12.3. The Morgan fingerprint density at radius 1 is 1.09 bits per heavy atom. The van der Waals surface area contributed by atoms with E-state index in [1.54, 1.807) is 30.3 Å². The molecule has 2 aromatic carbocycles. The van der Waals surface area contributed by atoms with Crippen LogP contribution in [0.3, 0.4) is 0 Å². The molecule has 0 saturated heterocycles. The standard InChI is InChI=1S/C15H9N3O4/c1-21-12-3-2-4-13(7-12)22-15-6-11(9-17)10(8-16)5-14(15)18(19)20/h2-7H,1H3. The Labute approximate surface area is 125 Å². The molecule has 0 bridgehead atoms. The Bertz CT molecular complexity index is 819. The third-order valence-corrected chi connectivity index (χ3v) is 2.81. The summed E-state index contributed by atoms with van der Waals surface area (Å²) < 4.78 is 10.5. The number of ether oxygens (including phenoxy) is 2. The second-order valence-corrected chi connectivity index (χ2v) is 4.13. The molecule has 0 radical (unpaired) electrons. The van der Waals surface area contributed by atoms with Crippen molar-refractivity contribution >= 4 is 5.69 Å². The largest absolute Gasteiger partial charge is 0.497 e. The van der Waals surface area contributed by atoms with Crippen LogP contribution in [0.5, 0.6) is 17.2 Å². The molecule has 0 aliphatic heterocycles. The lowest BCUT2D eigenvalue weighted by Gasteiger charge is -2.08. The number of nitro benzene ring substituents is 1. The highest BCUT2D eigenvalue weighted by Gasteiger charge is 2.20. The second kappa shape index (κ2) is 6.25. The average molecular weight is 295 g/mol. The first-order valence-electron chi connectivity index (χ1n) is 6.03. The van der Waals surface area contributed by atoms with E-state index in [1.165, 1.54) is 13.2 Å². The van der Waals surface area contributed by atoms with Crippen molar-refractivity contribution in [2.75, 3.05) is 7.11 Å². The van der Waals surface area contributed by atoms with E-state index in [9.17, 15) is 10.1 Å². The lowest BCUT2D eigenvalue weighted by Crippen LogP contribution is -1.97. The summed E-state index contributed by atoms with van der Waals surface area (Å²) in [5, 5.41) is 29.0. The Kier molecular flexibility index (Phi) is 4.21. The first-order chi connectivity index (χ1) is 10.6. The van der Waals surface area contributed by atoms with E-state index in [2.05, 4.69) is 0 Å². The number of hydrogen-bond acceptors (Lipinski definition) is 6. The summed E-state index contributed by atoms with van der Waals surface area (Å²) in [6.45, 7) is 0. The Hall–Kier alpha value is -3.58. The predicted molar refractivity (Wildman–Crippen MR) is 75.6 cm³/mol. The number of hydrogen-bond donors (Lipinski definition) is 0. The molecule has 0 fully saturated rings. The van der Waals surface area contributed by atoms with Gasteiger partial charge in [0, 0.05) is 18.2 Å². The highest BCUT2D eigenvalue weighted by Crippen LogP contribution is 2.34. The van der Waals surface area contributed by atoms with Crippen LogP contribution in [0.1, 0.15) is 11.1 Å². The van der Waals surface area contributed by atoms with Gasteiger partial charge >= 0.3 is 5.69 Å². The predicted octanol–water partition coefficient (Wildman–Crippen LogP) is 3.14. The van der Waals surface area contributed by atoms with Crippen molar-refractivity contribution in [3.63, 3.8) is 0 Å². The summed E-state index contributed by atoms with van der Waals surface area (Å²) in [5.74, 6) is 0.721. The van der Waals surface area contributed by atoms with Crippen LogP contribution >= 0.6 is 0 Å². The fourth-order valence-corrected chi connectivity index (χ4v) is 1.77. The summed E-state index contributed by atoms with van der Waals surface area (Å²) in [5.41, 5.74) is -0.462.